The predicted octanol–water partition coefficient (Wildman–Crippen LogP) is 2.74. The normalized spacial score (nSPS) is 22.1. The highest BCUT2D eigenvalue weighted by Gasteiger charge is 2.05. The summed E-state index contributed by atoms with van der Waals surface area (Å²) in [6.45, 7) is 2.36. The second-order valence-electron chi connectivity index (χ2n) is 2.74. The van der Waals surface area contributed by atoms with Gasteiger partial charge in [0.15, 0.2) is 0 Å². The molecule has 0 aromatic heterocycles. The van der Waals surface area contributed by atoms with Crippen LogP contribution in [0, 0.1) is 5.92 Å². The molecule has 1 fully saturated rings. The van der Waals surface area contributed by atoms with E-state index in [1.165, 1.54) is 32.1 Å². The minimum Gasteiger partial charge on any atom is -0.269 e. The summed E-state index contributed by atoms with van der Waals surface area (Å²) in [5.41, 5.74) is 0. The van der Waals surface area contributed by atoms with Crippen molar-refractivity contribution in [3.8, 4) is 0 Å². The Balaban J connectivity index is 0.000000490. The smallest absolute Gasteiger partial charge is 0.0443 e. The van der Waals surface area contributed by atoms with Gasteiger partial charge in [-0.15, -0.1) is 0 Å². The molecule has 1 aliphatic rings. The van der Waals surface area contributed by atoms with Crippen LogP contribution in [0.3, 0.4) is 0 Å². The molecule has 0 nitrogen and oxygen atoms in total. The van der Waals surface area contributed by atoms with E-state index in [1.807, 2.05) is 0 Å². The van der Waals surface area contributed by atoms with Crippen molar-refractivity contribution in [3.05, 3.63) is 0 Å². The third kappa shape index (κ3) is 2.29. The number of rotatable bonds is 0. The van der Waals surface area contributed by atoms with Crippen LogP contribution in [-0.4, -0.2) is 0 Å². The van der Waals surface area contributed by atoms with E-state index in [1.54, 1.807) is 0 Å². The van der Waals surface area contributed by atoms with E-state index in [0.717, 1.165) is 5.92 Å². The molecular formula is C7H15F. The molecule has 1 rings (SSSR count). The first-order valence-electron chi connectivity index (χ1n) is 3.39. The van der Waals surface area contributed by atoms with E-state index < -0.39 is 0 Å². The number of hydrogen-bond donors (Lipinski definition) is 0. The second-order valence-corrected chi connectivity index (χ2v) is 2.74. The highest BCUT2D eigenvalue weighted by molar-refractivity contribution is 4.59. The minimum atomic E-state index is 0. The lowest BCUT2D eigenvalue weighted by molar-refractivity contribution is 0.385. The van der Waals surface area contributed by atoms with E-state index in [4.69, 9.17) is 0 Å². The Morgan fingerprint density at radius 2 is 1.50 bits per heavy atom. The fraction of sp³-hybridized carbons (Fsp3) is 1.00. The molecule has 0 aromatic carbocycles. The summed E-state index contributed by atoms with van der Waals surface area (Å²) in [7, 11) is 0. The Kier molecular flexibility index (Phi) is 3.84. The van der Waals surface area contributed by atoms with E-state index in [2.05, 4.69) is 6.92 Å². The summed E-state index contributed by atoms with van der Waals surface area (Å²) in [5, 5.41) is 0. The Morgan fingerprint density at radius 1 is 1.00 bits per heavy atom. The third-order valence-electron chi connectivity index (χ3n) is 1.89. The third-order valence-corrected chi connectivity index (χ3v) is 1.89. The lowest BCUT2D eigenvalue weighted by Crippen LogP contribution is -1.99. The minimum absolute atomic E-state index is 0. The van der Waals surface area contributed by atoms with Gasteiger partial charge in [-0.1, -0.05) is 39.0 Å². The van der Waals surface area contributed by atoms with Gasteiger partial charge in [-0.05, 0) is 5.92 Å². The van der Waals surface area contributed by atoms with Crippen molar-refractivity contribution >= 4 is 0 Å². The van der Waals surface area contributed by atoms with Crippen LogP contribution in [0.4, 0.5) is 4.70 Å². The monoisotopic (exact) mass is 118 g/mol. The van der Waals surface area contributed by atoms with Crippen LogP contribution in [0.5, 0.6) is 0 Å². The number of hydrogen-bond acceptors (Lipinski definition) is 0. The fourth-order valence-corrected chi connectivity index (χ4v) is 1.31. The molecule has 0 aliphatic heterocycles. The van der Waals surface area contributed by atoms with E-state index >= 15 is 0 Å². The van der Waals surface area contributed by atoms with Gasteiger partial charge in [0.25, 0.3) is 0 Å². The molecular weight excluding hydrogens is 103 g/mol. The van der Waals surface area contributed by atoms with Crippen molar-refractivity contribution < 1.29 is 4.70 Å². The SMILES string of the molecule is CC1CCCCC1.F. The van der Waals surface area contributed by atoms with Crippen molar-refractivity contribution in [2.24, 2.45) is 5.92 Å². The van der Waals surface area contributed by atoms with Crippen molar-refractivity contribution in [3.63, 3.8) is 0 Å². The van der Waals surface area contributed by atoms with Crippen LogP contribution in [0.25, 0.3) is 0 Å². The highest BCUT2D eigenvalue weighted by Crippen LogP contribution is 2.21. The van der Waals surface area contributed by atoms with Crippen LogP contribution in [-0.2, 0) is 0 Å². The first kappa shape index (κ1) is 7.93. The zero-order chi connectivity index (χ0) is 5.11. The average molecular weight is 118 g/mol. The first-order valence-corrected chi connectivity index (χ1v) is 3.39. The molecule has 1 aliphatic carbocycles. The van der Waals surface area contributed by atoms with Gasteiger partial charge in [0.2, 0.25) is 0 Å². The molecule has 0 heterocycles. The van der Waals surface area contributed by atoms with Gasteiger partial charge in [0, 0.05) is 0 Å². The summed E-state index contributed by atoms with van der Waals surface area (Å²) in [5.74, 6) is 1.04. The predicted molar refractivity (Wildman–Crippen MR) is 34.8 cm³/mol. The summed E-state index contributed by atoms with van der Waals surface area (Å²) in [4.78, 5) is 0. The van der Waals surface area contributed by atoms with Gasteiger partial charge in [0.05, 0.1) is 0 Å². The van der Waals surface area contributed by atoms with Gasteiger partial charge in [-0.2, -0.15) is 0 Å². The summed E-state index contributed by atoms with van der Waals surface area (Å²) in [6, 6.07) is 0. The zero-order valence-corrected chi connectivity index (χ0v) is 5.52. The summed E-state index contributed by atoms with van der Waals surface area (Å²) >= 11 is 0. The summed E-state index contributed by atoms with van der Waals surface area (Å²) in [6.07, 6.45) is 7.44. The Morgan fingerprint density at radius 3 is 1.75 bits per heavy atom. The van der Waals surface area contributed by atoms with Crippen LogP contribution in [0.15, 0.2) is 0 Å². The molecule has 0 bridgehead atoms. The molecule has 0 aromatic rings. The summed E-state index contributed by atoms with van der Waals surface area (Å²) < 4.78 is 0. The lowest BCUT2D eigenvalue weighted by atomic mass is 9.91. The Bertz CT molecular complexity index is 46.3. The van der Waals surface area contributed by atoms with Crippen molar-refractivity contribution in [2.75, 3.05) is 0 Å². The van der Waals surface area contributed by atoms with E-state index in [0.29, 0.717) is 0 Å². The van der Waals surface area contributed by atoms with Gasteiger partial charge < -0.3 is 0 Å². The van der Waals surface area contributed by atoms with Gasteiger partial charge in [-0.25, -0.2) is 0 Å². The maximum absolute atomic E-state index is 2.36. The first-order chi connectivity index (χ1) is 3.39. The van der Waals surface area contributed by atoms with Crippen LogP contribution in [0.2, 0.25) is 0 Å². The van der Waals surface area contributed by atoms with E-state index in [-0.39, 0.29) is 4.70 Å². The number of halogens is 1. The van der Waals surface area contributed by atoms with Crippen LogP contribution in [0.1, 0.15) is 39.0 Å². The maximum atomic E-state index is 2.36. The molecule has 1 heteroatoms. The van der Waals surface area contributed by atoms with Crippen LogP contribution < -0.4 is 0 Å². The van der Waals surface area contributed by atoms with Gasteiger partial charge in [-0.3, -0.25) is 4.70 Å². The van der Waals surface area contributed by atoms with Crippen molar-refractivity contribution in [1.82, 2.24) is 0 Å². The molecule has 0 radical (unpaired) electrons. The fourth-order valence-electron chi connectivity index (χ4n) is 1.31. The molecule has 50 valence electrons. The Labute approximate surface area is 50.7 Å². The lowest BCUT2D eigenvalue weighted by Gasteiger charge is -2.15. The maximum Gasteiger partial charge on any atom is -0.0443 e. The molecule has 0 N–H and O–H groups in total. The standard InChI is InChI=1S/C7H14.FH/c1-7-5-3-2-4-6-7;/h7H,2-6H2,1H3;1H. The largest absolute Gasteiger partial charge is 0.269 e. The van der Waals surface area contributed by atoms with Crippen molar-refractivity contribution in [1.29, 1.82) is 0 Å². The molecule has 0 unspecified atom stereocenters. The Hall–Kier alpha value is -0.0700. The van der Waals surface area contributed by atoms with Gasteiger partial charge in [0.1, 0.15) is 0 Å². The highest BCUT2D eigenvalue weighted by atomic mass is 19.0. The molecule has 0 spiro atoms. The molecule has 0 amide bonds. The topological polar surface area (TPSA) is 0 Å². The van der Waals surface area contributed by atoms with Gasteiger partial charge >= 0.3 is 0 Å². The quantitative estimate of drug-likeness (QED) is 0.459. The molecule has 8 heavy (non-hydrogen) atoms. The van der Waals surface area contributed by atoms with Crippen molar-refractivity contribution in [2.45, 2.75) is 39.0 Å². The van der Waals surface area contributed by atoms with E-state index in [9.17, 15) is 0 Å². The molecule has 1 saturated carbocycles. The average Bonchev–Trinajstić information content (AvgIpc) is 1.69. The molecule has 0 atom stereocenters. The second kappa shape index (κ2) is 3.88. The zero-order valence-electron chi connectivity index (χ0n) is 5.52. The van der Waals surface area contributed by atoms with Crippen LogP contribution >= 0.6 is 0 Å². The molecule has 0 saturated heterocycles.